The van der Waals surface area contributed by atoms with Crippen LogP contribution in [0.1, 0.15) is 82.6 Å². The van der Waals surface area contributed by atoms with Crippen LogP contribution in [0, 0.1) is 17.8 Å². The van der Waals surface area contributed by atoms with Gasteiger partial charge in [-0.25, -0.2) is 4.79 Å². The first kappa shape index (κ1) is 40.2. The summed E-state index contributed by atoms with van der Waals surface area (Å²) in [5.74, 6) is -0.641. The van der Waals surface area contributed by atoms with E-state index in [1.807, 2.05) is 81.4 Å². The van der Waals surface area contributed by atoms with Crippen LogP contribution in [0.15, 0.2) is 72.9 Å². The molecule has 3 amide bonds. The highest BCUT2D eigenvalue weighted by Crippen LogP contribution is 2.32. The van der Waals surface area contributed by atoms with Gasteiger partial charge in [0.2, 0.25) is 5.91 Å². The smallest absolute Gasteiger partial charge is 0.407 e. The highest BCUT2D eigenvalue weighted by Gasteiger charge is 2.31. The van der Waals surface area contributed by atoms with Gasteiger partial charge in [0.1, 0.15) is 11.4 Å². The average molecular weight is 737 g/mol. The molecule has 54 heavy (non-hydrogen) atoms. The van der Waals surface area contributed by atoms with E-state index in [-0.39, 0.29) is 35.9 Å². The van der Waals surface area contributed by atoms with Gasteiger partial charge < -0.3 is 25.6 Å². The molecule has 288 valence electrons. The normalized spacial score (nSPS) is 16.5. The molecule has 0 radical (unpaired) electrons. The fourth-order valence-corrected chi connectivity index (χ4v) is 7.10. The first-order chi connectivity index (χ1) is 25.9. The Hall–Kier alpha value is -5.03. The summed E-state index contributed by atoms with van der Waals surface area (Å²) >= 11 is 0. The molecule has 0 bridgehead atoms. The number of hydrogen-bond donors (Lipinski definition) is 4. The van der Waals surface area contributed by atoms with Gasteiger partial charge in [0.25, 0.3) is 5.91 Å². The van der Waals surface area contributed by atoms with Crippen LogP contribution in [-0.2, 0) is 20.7 Å². The van der Waals surface area contributed by atoms with Crippen molar-refractivity contribution in [3.8, 4) is 11.1 Å². The zero-order valence-electron chi connectivity index (χ0n) is 32.4. The van der Waals surface area contributed by atoms with Crippen LogP contribution in [0.4, 0.5) is 10.5 Å². The Labute approximate surface area is 319 Å². The van der Waals surface area contributed by atoms with E-state index in [4.69, 9.17) is 4.74 Å². The van der Waals surface area contributed by atoms with E-state index in [2.05, 4.69) is 51.0 Å². The summed E-state index contributed by atoms with van der Waals surface area (Å²) in [6, 6.07) is 21.2. The van der Waals surface area contributed by atoms with E-state index >= 15 is 0 Å². The fourth-order valence-electron chi connectivity index (χ4n) is 7.10. The predicted octanol–water partition coefficient (Wildman–Crippen LogP) is 7.39. The monoisotopic (exact) mass is 736 g/mol. The molecule has 1 aliphatic carbocycles. The van der Waals surface area contributed by atoms with E-state index in [1.165, 1.54) is 0 Å². The van der Waals surface area contributed by atoms with Crippen molar-refractivity contribution in [3.05, 3.63) is 84.1 Å². The summed E-state index contributed by atoms with van der Waals surface area (Å²) in [7, 11) is 0. The van der Waals surface area contributed by atoms with Crippen LogP contribution in [0.2, 0.25) is 0 Å². The number of likely N-dealkylation sites (N-methyl/N-ethyl adjacent to an activating group) is 1. The number of carbonyl (C=O) groups is 4. The Morgan fingerprint density at radius 1 is 0.907 bits per heavy atom. The number of rotatable bonds is 16. The molecule has 1 saturated carbocycles. The number of ketones is 1. The number of benzene rings is 3. The summed E-state index contributed by atoms with van der Waals surface area (Å²) in [6.45, 7) is 13.5. The van der Waals surface area contributed by atoms with Crippen molar-refractivity contribution in [2.24, 2.45) is 17.8 Å². The van der Waals surface area contributed by atoms with Gasteiger partial charge in [-0.2, -0.15) is 5.10 Å². The van der Waals surface area contributed by atoms with Crippen molar-refractivity contribution in [2.75, 3.05) is 38.0 Å². The Kier molecular flexibility index (Phi) is 14.0. The van der Waals surface area contributed by atoms with Crippen LogP contribution in [0.3, 0.4) is 0 Å². The molecule has 3 aromatic carbocycles. The Morgan fingerprint density at radius 2 is 1.65 bits per heavy atom. The van der Waals surface area contributed by atoms with Crippen molar-refractivity contribution in [1.82, 2.24) is 25.7 Å². The Balaban J connectivity index is 1.24. The Bertz CT molecular complexity index is 1870. The predicted molar refractivity (Wildman–Crippen MR) is 213 cm³/mol. The molecule has 1 atom stereocenters. The number of carbonyl (C=O) groups excluding carboxylic acids is 4. The minimum Gasteiger partial charge on any atom is -0.444 e. The number of hydrogen-bond acceptors (Lipinski definition) is 7. The number of Topliss-reactive ketones (excluding diaryl/α,β-unsaturated/α-hetero) is 1. The van der Waals surface area contributed by atoms with E-state index in [1.54, 1.807) is 6.20 Å². The first-order valence-electron chi connectivity index (χ1n) is 19.3. The van der Waals surface area contributed by atoms with Crippen molar-refractivity contribution in [3.63, 3.8) is 0 Å². The SMILES string of the molecule is CCN(CC)CCNC(=O)c1ccc(-c2cccc(C[C@H](CC(=O)C3CCC(CNC(=O)OC(C)(C)C)CC3)C(=O)Nc3ccc4cn[nH]c4c3)c2)cc1. The van der Waals surface area contributed by atoms with Crippen molar-refractivity contribution >= 4 is 40.3 Å². The van der Waals surface area contributed by atoms with E-state index in [9.17, 15) is 19.2 Å². The molecule has 11 heteroatoms. The van der Waals surface area contributed by atoms with E-state index in [0.29, 0.717) is 30.8 Å². The zero-order chi connectivity index (χ0) is 38.7. The zero-order valence-corrected chi connectivity index (χ0v) is 32.4. The molecule has 4 aromatic rings. The van der Waals surface area contributed by atoms with Crippen molar-refractivity contribution in [2.45, 2.75) is 78.7 Å². The third kappa shape index (κ3) is 11.7. The fraction of sp³-hybridized carbons (Fsp3) is 0.465. The highest BCUT2D eigenvalue weighted by molar-refractivity contribution is 5.97. The molecule has 5 rings (SSSR count). The van der Waals surface area contributed by atoms with Crippen molar-refractivity contribution in [1.29, 1.82) is 0 Å². The highest BCUT2D eigenvalue weighted by atomic mass is 16.6. The third-order valence-electron chi connectivity index (χ3n) is 10.3. The number of fused-ring (bicyclic) bond motifs is 1. The molecule has 11 nitrogen and oxygen atoms in total. The summed E-state index contributed by atoms with van der Waals surface area (Å²) in [5, 5.41) is 16.9. The van der Waals surface area contributed by atoms with Gasteiger partial charge in [-0.1, -0.05) is 50.2 Å². The van der Waals surface area contributed by atoms with Gasteiger partial charge in [0, 0.05) is 54.5 Å². The maximum atomic E-state index is 13.9. The molecule has 1 heterocycles. The number of ether oxygens (including phenoxy) is 1. The summed E-state index contributed by atoms with van der Waals surface area (Å²) in [6.07, 6.45) is 4.93. The summed E-state index contributed by atoms with van der Waals surface area (Å²) < 4.78 is 5.37. The molecule has 0 saturated heterocycles. The van der Waals surface area contributed by atoms with Crippen LogP contribution in [0.5, 0.6) is 0 Å². The van der Waals surface area contributed by atoms with Gasteiger partial charge in [-0.05, 0) is 119 Å². The van der Waals surface area contributed by atoms with E-state index in [0.717, 1.165) is 72.9 Å². The summed E-state index contributed by atoms with van der Waals surface area (Å²) in [4.78, 5) is 54.9. The number of nitrogens with zero attached hydrogens (tertiary/aromatic N) is 2. The number of anilines is 1. The number of aromatic amines is 1. The number of amides is 3. The molecule has 0 unspecified atom stereocenters. The summed E-state index contributed by atoms with van der Waals surface area (Å²) in [5.41, 5.74) is 4.37. The number of nitrogens with one attached hydrogen (secondary N) is 4. The molecule has 1 aliphatic rings. The van der Waals surface area contributed by atoms with Gasteiger partial charge in [-0.15, -0.1) is 0 Å². The van der Waals surface area contributed by atoms with E-state index < -0.39 is 17.6 Å². The quantitative estimate of drug-likeness (QED) is 0.0939. The van der Waals surface area contributed by atoms with Gasteiger partial charge in [-0.3, -0.25) is 19.5 Å². The lowest BCUT2D eigenvalue weighted by molar-refractivity contribution is -0.129. The second-order valence-electron chi connectivity index (χ2n) is 15.4. The van der Waals surface area contributed by atoms with Crippen LogP contribution >= 0.6 is 0 Å². The Morgan fingerprint density at radius 3 is 2.35 bits per heavy atom. The lowest BCUT2D eigenvalue weighted by atomic mass is 9.77. The lowest BCUT2D eigenvalue weighted by Gasteiger charge is -2.29. The lowest BCUT2D eigenvalue weighted by Crippen LogP contribution is -2.37. The number of aromatic nitrogens is 2. The first-order valence-corrected chi connectivity index (χ1v) is 19.3. The molecular weight excluding hydrogens is 681 g/mol. The second-order valence-corrected chi connectivity index (χ2v) is 15.4. The topological polar surface area (TPSA) is 146 Å². The average Bonchev–Trinajstić information content (AvgIpc) is 3.63. The largest absolute Gasteiger partial charge is 0.444 e. The van der Waals surface area contributed by atoms with Gasteiger partial charge in [0.15, 0.2) is 0 Å². The van der Waals surface area contributed by atoms with Crippen LogP contribution < -0.4 is 16.0 Å². The molecule has 4 N–H and O–H groups in total. The third-order valence-corrected chi connectivity index (χ3v) is 10.3. The molecule has 1 fully saturated rings. The molecule has 1 aromatic heterocycles. The van der Waals surface area contributed by atoms with Gasteiger partial charge >= 0.3 is 6.09 Å². The molecular formula is C43H56N6O5. The van der Waals surface area contributed by atoms with Crippen LogP contribution in [0.25, 0.3) is 22.0 Å². The second kappa shape index (κ2) is 18.8. The van der Waals surface area contributed by atoms with Gasteiger partial charge in [0.05, 0.1) is 11.7 Å². The maximum absolute atomic E-state index is 13.9. The standard InChI is InChI=1S/C43H56N6O5/c1-6-49(7-2)22-21-44-40(51)33-17-15-31(16-18-33)34-10-8-9-30(23-34)24-36(41(52)47-37-20-19-35-28-46-48-38(35)26-37)25-39(50)32-13-11-29(12-14-32)27-45-42(53)54-43(3,4)5/h8-10,15-20,23,26,28-29,32,36H,6-7,11-14,21-22,24-25,27H2,1-5H3,(H,44,51)(H,45,53)(H,46,48)(H,47,52)/t29?,32?,36-/m1/s1. The minimum atomic E-state index is -0.584. The maximum Gasteiger partial charge on any atom is 0.407 e. The minimum absolute atomic E-state index is 0.0971. The number of H-pyrrole nitrogens is 1. The van der Waals surface area contributed by atoms with Crippen LogP contribution in [-0.4, -0.2) is 77.1 Å². The molecule has 0 spiro atoms. The van der Waals surface area contributed by atoms with Crippen molar-refractivity contribution < 1.29 is 23.9 Å². The molecule has 0 aliphatic heterocycles. The number of alkyl carbamates (subject to hydrolysis) is 1.